The van der Waals surface area contributed by atoms with Crippen LogP contribution in [0.3, 0.4) is 0 Å². The summed E-state index contributed by atoms with van der Waals surface area (Å²) in [6.45, 7) is 18.9. The Morgan fingerprint density at radius 1 is 0.441 bits per heavy atom. The number of hydrogen-bond donors (Lipinski definition) is 0. The fourth-order valence-electron chi connectivity index (χ4n) is 13.1. The third kappa shape index (κ3) is 4.97. The average molecular weight is 879 g/mol. The first-order valence-corrected chi connectivity index (χ1v) is 24.0. The van der Waals surface area contributed by atoms with E-state index in [4.69, 9.17) is 13.8 Å². The van der Waals surface area contributed by atoms with Crippen LogP contribution < -0.4 is 4.90 Å². The molecule has 0 amide bonds. The minimum Gasteiger partial charge on any atom is -0.455 e. The van der Waals surface area contributed by atoms with Gasteiger partial charge in [0.15, 0.2) is 0 Å². The van der Waals surface area contributed by atoms with Crippen LogP contribution >= 0.6 is 0 Å². The lowest BCUT2D eigenvalue weighted by molar-refractivity contribution is 0.600. The van der Waals surface area contributed by atoms with Crippen LogP contribution in [0, 0.1) is 13.8 Å². The van der Waals surface area contributed by atoms with Crippen molar-refractivity contribution in [3.05, 3.63) is 202 Å². The number of rotatable bonds is 4. The van der Waals surface area contributed by atoms with Crippen LogP contribution in [0.2, 0.25) is 0 Å². The van der Waals surface area contributed by atoms with Gasteiger partial charge >= 0.3 is 0 Å². The van der Waals surface area contributed by atoms with Crippen LogP contribution in [0.5, 0.6) is 0 Å². The summed E-state index contributed by atoms with van der Waals surface area (Å²) < 4.78 is 13.7. The fraction of sp³-hybridized carbons (Fsp3) is 0.172. The van der Waals surface area contributed by atoms with E-state index in [1.165, 1.54) is 94.3 Å². The molecule has 0 radical (unpaired) electrons. The number of hydrogen-bond acceptors (Lipinski definition) is 4. The smallest absolute Gasteiger partial charge is 0.145 e. The highest BCUT2D eigenvalue weighted by molar-refractivity contribution is 6.21. The number of aryl methyl sites for hydroxylation is 2. The molecule has 8 aromatic carbocycles. The lowest BCUT2D eigenvalue weighted by Crippen LogP contribution is -2.24. The Kier molecular flexibility index (Phi) is 7.70. The normalized spacial score (nSPS) is 15.4. The maximum atomic E-state index is 6.98. The van der Waals surface area contributed by atoms with Crippen LogP contribution in [0.1, 0.15) is 86.1 Å². The summed E-state index contributed by atoms with van der Waals surface area (Å²) in [5, 5.41) is 4.67. The standard InChI is InChI=1S/C64H50N2O2/c1-35-24-29-50(36(2)31-35)66(37-25-27-40-46(32-37)62(3,4)48-34-44(49-21-15-16-30-65-49)60-55(53(40)48)42-18-10-13-22-51(42)67-60)38-26-28-41-47(33-38)64(7,8)58-54(41)56-43-19-11-14-23-52(43)68-61(56)57-39-17-9-12-20-45(39)63(5,6)59(57)58/h9-34H,1-8H3. The van der Waals surface area contributed by atoms with E-state index in [0.717, 1.165) is 55.7 Å². The molecule has 0 saturated heterocycles. The summed E-state index contributed by atoms with van der Waals surface area (Å²) >= 11 is 0. The zero-order valence-corrected chi connectivity index (χ0v) is 39.7. The van der Waals surface area contributed by atoms with Gasteiger partial charge in [-0.15, -0.1) is 0 Å². The Hall–Kier alpha value is -7.69. The highest BCUT2D eigenvalue weighted by Gasteiger charge is 2.49. The van der Waals surface area contributed by atoms with E-state index in [-0.39, 0.29) is 16.2 Å². The summed E-state index contributed by atoms with van der Waals surface area (Å²) in [5.41, 5.74) is 26.4. The molecule has 11 aromatic rings. The number of aromatic nitrogens is 1. The molecule has 14 rings (SSSR count). The number of para-hydroxylation sites is 2. The average Bonchev–Trinajstić information content (AvgIpc) is 4.09. The molecule has 3 aliphatic rings. The van der Waals surface area contributed by atoms with Crippen molar-refractivity contribution in [2.24, 2.45) is 0 Å². The number of anilines is 3. The first-order valence-electron chi connectivity index (χ1n) is 24.0. The monoisotopic (exact) mass is 878 g/mol. The maximum absolute atomic E-state index is 6.98. The van der Waals surface area contributed by atoms with Gasteiger partial charge in [0.2, 0.25) is 0 Å². The largest absolute Gasteiger partial charge is 0.455 e. The quantitative estimate of drug-likeness (QED) is 0.177. The highest BCUT2D eigenvalue weighted by Crippen LogP contribution is 2.64. The van der Waals surface area contributed by atoms with Crippen molar-refractivity contribution in [3.63, 3.8) is 0 Å². The minimum absolute atomic E-state index is 0.224. The molecule has 3 aliphatic carbocycles. The van der Waals surface area contributed by atoms with Gasteiger partial charge in [-0.2, -0.15) is 0 Å². The zero-order chi connectivity index (χ0) is 46.2. The fourth-order valence-corrected chi connectivity index (χ4v) is 13.1. The molecule has 328 valence electrons. The number of pyridine rings is 1. The maximum Gasteiger partial charge on any atom is 0.145 e. The number of benzene rings is 8. The van der Waals surface area contributed by atoms with E-state index in [1.54, 1.807) is 0 Å². The van der Waals surface area contributed by atoms with Crippen molar-refractivity contribution in [2.75, 3.05) is 4.90 Å². The summed E-state index contributed by atoms with van der Waals surface area (Å²) in [7, 11) is 0. The second kappa shape index (κ2) is 13.3. The molecule has 68 heavy (non-hydrogen) atoms. The molecule has 0 N–H and O–H groups in total. The summed E-state index contributed by atoms with van der Waals surface area (Å²) in [5.74, 6) is 0. The topological polar surface area (TPSA) is 42.4 Å². The summed E-state index contributed by atoms with van der Waals surface area (Å²) in [6.07, 6.45) is 1.87. The molecule has 0 saturated carbocycles. The summed E-state index contributed by atoms with van der Waals surface area (Å²) in [4.78, 5) is 7.35. The van der Waals surface area contributed by atoms with E-state index in [1.807, 2.05) is 12.3 Å². The van der Waals surface area contributed by atoms with Gasteiger partial charge < -0.3 is 13.7 Å². The molecule has 4 nitrogen and oxygen atoms in total. The van der Waals surface area contributed by atoms with Crippen LogP contribution in [0.4, 0.5) is 17.1 Å². The predicted molar refractivity (Wildman–Crippen MR) is 281 cm³/mol. The molecule has 0 bridgehead atoms. The number of furan rings is 2. The predicted octanol–water partition coefficient (Wildman–Crippen LogP) is 17.6. The van der Waals surface area contributed by atoms with E-state index < -0.39 is 0 Å². The van der Waals surface area contributed by atoms with Gasteiger partial charge in [0.1, 0.15) is 22.3 Å². The van der Waals surface area contributed by atoms with Crippen molar-refractivity contribution in [3.8, 4) is 44.6 Å². The van der Waals surface area contributed by atoms with Crippen LogP contribution in [-0.4, -0.2) is 4.98 Å². The van der Waals surface area contributed by atoms with Crippen molar-refractivity contribution in [2.45, 2.75) is 71.6 Å². The van der Waals surface area contributed by atoms with Crippen molar-refractivity contribution in [1.29, 1.82) is 0 Å². The third-order valence-corrected chi connectivity index (χ3v) is 16.2. The first kappa shape index (κ1) is 39.5. The van der Waals surface area contributed by atoms with Gasteiger partial charge in [0.05, 0.1) is 5.69 Å². The number of nitrogens with zero attached hydrogens (tertiary/aromatic N) is 2. The van der Waals surface area contributed by atoms with Gasteiger partial charge in [-0.05, 0) is 141 Å². The number of fused-ring (bicyclic) bond motifs is 19. The molecule has 0 atom stereocenters. The van der Waals surface area contributed by atoms with Gasteiger partial charge in [-0.25, -0.2) is 0 Å². The van der Waals surface area contributed by atoms with E-state index in [2.05, 4.69) is 206 Å². The summed E-state index contributed by atoms with van der Waals surface area (Å²) in [6, 6.07) is 55.8. The highest BCUT2D eigenvalue weighted by atomic mass is 16.3. The Morgan fingerprint density at radius 3 is 1.71 bits per heavy atom. The molecule has 3 aromatic heterocycles. The zero-order valence-electron chi connectivity index (χ0n) is 39.7. The van der Waals surface area contributed by atoms with Gasteiger partial charge in [0.25, 0.3) is 0 Å². The van der Waals surface area contributed by atoms with Crippen LogP contribution in [0.15, 0.2) is 167 Å². The lowest BCUT2D eigenvalue weighted by Gasteiger charge is -2.32. The third-order valence-electron chi connectivity index (χ3n) is 16.2. The Bertz CT molecular complexity index is 4030. The molecular weight excluding hydrogens is 829 g/mol. The van der Waals surface area contributed by atoms with Crippen LogP contribution in [0.25, 0.3) is 88.5 Å². The second-order valence-electron chi connectivity index (χ2n) is 21.2. The van der Waals surface area contributed by atoms with Crippen molar-refractivity contribution in [1.82, 2.24) is 4.98 Å². The van der Waals surface area contributed by atoms with Crippen molar-refractivity contribution >= 4 is 60.9 Å². The second-order valence-corrected chi connectivity index (χ2v) is 21.2. The molecule has 0 unspecified atom stereocenters. The van der Waals surface area contributed by atoms with Crippen molar-refractivity contribution < 1.29 is 8.83 Å². The minimum atomic E-state index is -0.324. The first-order chi connectivity index (χ1) is 32.8. The van der Waals surface area contributed by atoms with E-state index >= 15 is 0 Å². The molecule has 0 spiro atoms. The van der Waals surface area contributed by atoms with E-state index in [9.17, 15) is 0 Å². The Morgan fingerprint density at radius 2 is 1.01 bits per heavy atom. The molecule has 0 fully saturated rings. The van der Waals surface area contributed by atoms with E-state index in [0.29, 0.717) is 0 Å². The van der Waals surface area contributed by atoms with Crippen LogP contribution in [-0.2, 0) is 16.2 Å². The molecule has 4 heteroatoms. The SMILES string of the molecule is Cc1ccc(N(c2ccc3c(c2)C(C)(C)c2cc(-c4ccccn4)c4oc5ccccc5c4c2-3)c2ccc3c(c2)C(C)(C)c2c4c(c5oc6ccccc6c5c2-3)-c2ccccc2C4(C)C)c(C)c1. The molecule has 0 aliphatic heterocycles. The Labute approximate surface area is 396 Å². The lowest BCUT2D eigenvalue weighted by atomic mass is 9.72. The molecular formula is C64H50N2O2. The van der Waals surface area contributed by atoms with Gasteiger partial charge in [-0.1, -0.05) is 138 Å². The van der Waals surface area contributed by atoms with Gasteiger partial charge in [0, 0.05) is 72.2 Å². The van der Waals surface area contributed by atoms with Gasteiger partial charge in [-0.3, -0.25) is 4.98 Å². The Balaban J connectivity index is 0.997. The molecule has 3 heterocycles.